The van der Waals surface area contributed by atoms with E-state index in [1.807, 2.05) is 122 Å². The molecule has 0 saturated carbocycles. The van der Waals surface area contributed by atoms with E-state index < -0.39 is 12.0 Å². The second-order valence-electron chi connectivity index (χ2n) is 10.7. The Hall–Kier alpha value is -4.71. The van der Waals surface area contributed by atoms with Crippen molar-refractivity contribution in [2.24, 2.45) is 0 Å². The molecule has 1 aromatic heterocycles. The van der Waals surface area contributed by atoms with Crippen LogP contribution in [0.5, 0.6) is 5.75 Å². The molecule has 0 aliphatic carbocycles. The van der Waals surface area contributed by atoms with E-state index in [4.69, 9.17) is 9.72 Å². The van der Waals surface area contributed by atoms with Gasteiger partial charge in [0.05, 0.1) is 35.2 Å². The first-order valence-electron chi connectivity index (χ1n) is 15.2. The van der Waals surface area contributed by atoms with Crippen LogP contribution in [0.15, 0.2) is 114 Å². The summed E-state index contributed by atoms with van der Waals surface area (Å²) in [5.41, 5.74) is 2.87. The van der Waals surface area contributed by atoms with Gasteiger partial charge in [0.1, 0.15) is 11.6 Å². The quantitative estimate of drug-likeness (QED) is 0.144. The molecule has 6 nitrogen and oxygen atoms in total. The number of amides is 1. The minimum Gasteiger partial charge on any atom is -0.492 e. The largest absolute Gasteiger partial charge is 0.492 e. The lowest BCUT2D eigenvalue weighted by Crippen LogP contribution is -2.41. The first-order chi connectivity index (χ1) is 21.0. The number of rotatable bonds is 12. The van der Waals surface area contributed by atoms with Gasteiger partial charge in [0.25, 0.3) is 5.56 Å². The van der Waals surface area contributed by atoms with Crippen molar-refractivity contribution < 1.29 is 9.53 Å². The van der Waals surface area contributed by atoms with Crippen LogP contribution in [0.1, 0.15) is 68.9 Å². The van der Waals surface area contributed by atoms with Crippen LogP contribution in [-0.2, 0) is 4.79 Å². The number of hydrogen-bond acceptors (Lipinski definition) is 4. The van der Waals surface area contributed by atoms with E-state index in [2.05, 4.69) is 6.92 Å². The minimum atomic E-state index is -0.508. The van der Waals surface area contributed by atoms with Gasteiger partial charge in [-0.2, -0.15) is 0 Å². The van der Waals surface area contributed by atoms with Crippen LogP contribution in [0.25, 0.3) is 16.6 Å². The lowest BCUT2D eigenvalue weighted by atomic mass is 9.89. The topological polar surface area (TPSA) is 64.4 Å². The van der Waals surface area contributed by atoms with Crippen LogP contribution in [0.3, 0.4) is 0 Å². The van der Waals surface area contributed by atoms with Gasteiger partial charge < -0.3 is 9.64 Å². The molecule has 5 aromatic rings. The Balaban J connectivity index is 1.70. The molecule has 0 aliphatic heterocycles. The lowest BCUT2D eigenvalue weighted by molar-refractivity contribution is -0.134. The molecule has 1 unspecified atom stereocenters. The van der Waals surface area contributed by atoms with E-state index >= 15 is 0 Å². The maximum Gasteiger partial charge on any atom is 0.266 e. The van der Waals surface area contributed by atoms with Gasteiger partial charge in [-0.1, -0.05) is 105 Å². The SMILES string of the molecule is CCCCCN(C(=O)C(c1ccccc1)c1ccccc1)C(C)c1nc2ccccc2c(=O)n1-c1ccccc1OCC. The summed E-state index contributed by atoms with van der Waals surface area (Å²) in [6.07, 6.45) is 2.86. The highest BCUT2D eigenvalue weighted by atomic mass is 16.5. The average molecular weight is 574 g/mol. The van der Waals surface area contributed by atoms with Crippen LogP contribution in [-0.4, -0.2) is 33.5 Å². The fourth-order valence-electron chi connectivity index (χ4n) is 5.68. The van der Waals surface area contributed by atoms with Gasteiger partial charge in [0.2, 0.25) is 5.91 Å². The number of hydrogen-bond donors (Lipinski definition) is 0. The molecule has 220 valence electrons. The third kappa shape index (κ3) is 6.38. The summed E-state index contributed by atoms with van der Waals surface area (Å²) < 4.78 is 7.60. The number of aromatic nitrogens is 2. The molecule has 1 heterocycles. The average Bonchev–Trinajstić information content (AvgIpc) is 3.04. The maximum absolute atomic E-state index is 14.8. The number of fused-ring (bicyclic) bond motifs is 1. The molecule has 1 amide bonds. The summed E-state index contributed by atoms with van der Waals surface area (Å²) in [4.78, 5) is 36.0. The molecular formula is C37H39N3O3. The van der Waals surface area contributed by atoms with Gasteiger partial charge in [-0.05, 0) is 55.7 Å². The molecule has 43 heavy (non-hydrogen) atoms. The Morgan fingerprint density at radius 3 is 2.07 bits per heavy atom. The molecule has 0 fully saturated rings. The van der Waals surface area contributed by atoms with Gasteiger partial charge in [0, 0.05) is 6.54 Å². The minimum absolute atomic E-state index is 0.0203. The second kappa shape index (κ2) is 14.0. The van der Waals surface area contributed by atoms with Crippen molar-refractivity contribution in [3.63, 3.8) is 0 Å². The molecule has 0 saturated heterocycles. The van der Waals surface area contributed by atoms with Gasteiger partial charge in [0.15, 0.2) is 0 Å². The predicted molar refractivity (Wildman–Crippen MR) is 173 cm³/mol. The van der Waals surface area contributed by atoms with Crippen LogP contribution < -0.4 is 10.3 Å². The Morgan fingerprint density at radius 2 is 1.42 bits per heavy atom. The summed E-state index contributed by atoms with van der Waals surface area (Å²) in [6, 6.07) is 34.2. The zero-order valence-corrected chi connectivity index (χ0v) is 25.1. The molecule has 0 aliphatic rings. The van der Waals surface area contributed by atoms with Crippen molar-refractivity contribution in [3.05, 3.63) is 136 Å². The number of nitrogens with zero attached hydrogens (tertiary/aromatic N) is 3. The molecule has 1 atom stereocenters. The molecule has 0 bridgehead atoms. The summed E-state index contributed by atoms with van der Waals surface area (Å²) in [7, 11) is 0. The fraction of sp³-hybridized carbons (Fsp3) is 0.270. The number of carbonyl (C=O) groups is 1. The number of unbranched alkanes of at least 4 members (excludes halogenated alkanes) is 2. The van der Waals surface area contributed by atoms with Crippen molar-refractivity contribution in [3.8, 4) is 11.4 Å². The van der Waals surface area contributed by atoms with Crippen molar-refractivity contribution >= 4 is 16.8 Å². The van der Waals surface area contributed by atoms with E-state index in [1.165, 1.54) is 0 Å². The molecule has 0 N–H and O–H groups in total. The smallest absolute Gasteiger partial charge is 0.266 e. The van der Waals surface area contributed by atoms with Crippen molar-refractivity contribution in [2.75, 3.05) is 13.2 Å². The fourth-order valence-corrected chi connectivity index (χ4v) is 5.68. The van der Waals surface area contributed by atoms with Crippen LogP contribution in [0.4, 0.5) is 0 Å². The molecular weight excluding hydrogens is 534 g/mol. The summed E-state index contributed by atoms with van der Waals surface area (Å²) >= 11 is 0. The second-order valence-corrected chi connectivity index (χ2v) is 10.7. The first-order valence-corrected chi connectivity index (χ1v) is 15.2. The zero-order chi connectivity index (χ0) is 30.2. The van der Waals surface area contributed by atoms with Crippen molar-refractivity contribution in [1.29, 1.82) is 0 Å². The molecule has 6 heteroatoms. The van der Waals surface area contributed by atoms with Gasteiger partial charge in [-0.15, -0.1) is 0 Å². The highest BCUT2D eigenvalue weighted by molar-refractivity contribution is 5.87. The zero-order valence-electron chi connectivity index (χ0n) is 25.1. The number of carbonyl (C=O) groups excluding carboxylic acids is 1. The van der Waals surface area contributed by atoms with E-state index in [-0.39, 0.29) is 11.5 Å². The number of para-hydroxylation sites is 3. The summed E-state index contributed by atoms with van der Waals surface area (Å²) in [5, 5.41) is 0.514. The van der Waals surface area contributed by atoms with E-state index in [0.717, 1.165) is 30.4 Å². The number of benzene rings is 4. The maximum atomic E-state index is 14.8. The highest BCUT2D eigenvalue weighted by Crippen LogP contribution is 2.33. The van der Waals surface area contributed by atoms with Crippen LogP contribution in [0.2, 0.25) is 0 Å². The molecule has 0 spiro atoms. The Kier molecular flexibility index (Phi) is 9.67. The van der Waals surface area contributed by atoms with E-state index in [1.54, 1.807) is 10.6 Å². The molecule has 5 rings (SSSR count). The third-order valence-electron chi connectivity index (χ3n) is 7.85. The number of ether oxygens (including phenoxy) is 1. The Morgan fingerprint density at radius 1 is 0.814 bits per heavy atom. The monoisotopic (exact) mass is 573 g/mol. The third-order valence-corrected chi connectivity index (χ3v) is 7.85. The summed E-state index contributed by atoms with van der Waals surface area (Å²) in [5.74, 6) is 0.574. The lowest BCUT2D eigenvalue weighted by Gasteiger charge is -2.34. The Bertz CT molecular complexity index is 1680. The van der Waals surface area contributed by atoms with Crippen LogP contribution >= 0.6 is 0 Å². The van der Waals surface area contributed by atoms with Gasteiger partial charge in [-0.3, -0.25) is 14.2 Å². The van der Waals surface area contributed by atoms with E-state index in [9.17, 15) is 9.59 Å². The molecule has 4 aromatic carbocycles. The summed E-state index contributed by atoms with van der Waals surface area (Å²) in [6.45, 7) is 7.05. The first kappa shape index (κ1) is 29.8. The highest BCUT2D eigenvalue weighted by Gasteiger charge is 2.33. The van der Waals surface area contributed by atoms with Crippen molar-refractivity contribution in [1.82, 2.24) is 14.5 Å². The van der Waals surface area contributed by atoms with Crippen LogP contribution in [0, 0.1) is 0 Å². The normalized spacial score (nSPS) is 11.9. The molecule has 0 radical (unpaired) electrons. The standard InChI is InChI=1S/C37H39N3O3/c1-4-6-17-26-39(37(42)34(28-18-9-7-10-19-28)29-20-11-8-12-21-29)27(3)35-38-31-23-14-13-22-30(31)36(41)40(35)32-24-15-16-25-33(32)43-5-2/h7-16,18-25,27,34H,4-6,17,26H2,1-3H3. The Labute approximate surface area is 253 Å². The van der Waals surface area contributed by atoms with Gasteiger partial charge in [-0.25, -0.2) is 4.98 Å². The van der Waals surface area contributed by atoms with E-state index in [0.29, 0.717) is 41.3 Å². The van der Waals surface area contributed by atoms with Gasteiger partial charge >= 0.3 is 0 Å². The predicted octanol–water partition coefficient (Wildman–Crippen LogP) is 7.70. The van der Waals surface area contributed by atoms with Crippen molar-refractivity contribution in [2.45, 2.75) is 52.0 Å².